The van der Waals surface area contributed by atoms with Gasteiger partial charge in [0.1, 0.15) is 12.1 Å². The summed E-state index contributed by atoms with van der Waals surface area (Å²) in [5.74, 6) is 1.18. The van der Waals surface area contributed by atoms with E-state index in [1.165, 1.54) is 11.9 Å². The van der Waals surface area contributed by atoms with E-state index in [0.717, 1.165) is 49.8 Å². The van der Waals surface area contributed by atoms with E-state index in [1.807, 2.05) is 26.1 Å². The zero-order valence-electron chi connectivity index (χ0n) is 16.8. The zero-order chi connectivity index (χ0) is 20.2. The van der Waals surface area contributed by atoms with Gasteiger partial charge in [0.25, 0.3) is 5.78 Å². The fourth-order valence-electron chi connectivity index (χ4n) is 3.72. The highest BCUT2D eigenvalue weighted by molar-refractivity contribution is 5.75. The smallest absolute Gasteiger partial charge is 0.310 e. The van der Waals surface area contributed by atoms with E-state index in [-0.39, 0.29) is 12.4 Å². The van der Waals surface area contributed by atoms with Crippen molar-refractivity contribution in [1.29, 1.82) is 0 Å². The molecule has 0 bridgehead atoms. The van der Waals surface area contributed by atoms with Crippen molar-refractivity contribution in [3.63, 3.8) is 0 Å². The Morgan fingerprint density at radius 2 is 2.07 bits per heavy atom. The number of esters is 1. The fraction of sp³-hybridized carbons (Fsp3) is 0.450. The van der Waals surface area contributed by atoms with E-state index in [9.17, 15) is 4.79 Å². The Morgan fingerprint density at radius 1 is 1.24 bits per heavy atom. The van der Waals surface area contributed by atoms with Crippen molar-refractivity contribution < 1.29 is 9.53 Å². The van der Waals surface area contributed by atoms with Crippen LogP contribution in [0.1, 0.15) is 23.7 Å². The maximum absolute atomic E-state index is 12.2. The van der Waals surface area contributed by atoms with Crippen molar-refractivity contribution in [2.24, 2.45) is 0 Å². The minimum atomic E-state index is -0.256. The highest BCUT2D eigenvalue weighted by Gasteiger charge is 2.25. The van der Waals surface area contributed by atoms with Crippen molar-refractivity contribution in [2.75, 3.05) is 37.7 Å². The Hall–Kier alpha value is -3.07. The molecule has 1 saturated heterocycles. The molecule has 152 valence electrons. The van der Waals surface area contributed by atoms with Crippen molar-refractivity contribution in [3.8, 4) is 0 Å². The third-order valence-corrected chi connectivity index (χ3v) is 5.13. The van der Waals surface area contributed by atoms with Crippen LogP contribution in [0.2, 0.25) is 0 Å². The molecule has 9 heteroatoms. The number of ether oxygens (including phenoxy) is 1. The number of rotatable bonds is 6. The molecular formula is C20H25N7O2. The van der Waals surface area contributed by atoms with Gasteiger partial charge in [0.05, 0.1) is 13.0 Å². The Morgan fingerprint density at radius 3 is 2.79 bits per heavy atom. The molecule has 0 radical (unpaired) electrons. The summed E-state index contributed by atoms with van der Waals surface area (Å²) < 4.78 is 6.91. The Labute approximate surface area is 169 Å². The third kappa shape index (κ3) is 4.19. The van der Waals surface area contributed by atoms with E-state index in [4.69, 9.17) is 4.74 Å². The number of aromatic nitrogens is 5. The summed E-state index contributed by atoms with van der Waals surface area (Å²) in [6, 6.07) is 4.07. The summed E-state index contributed by atoms with van der Waals surface area (Å²) in [5, 5.41) is 4.36. The van der Waals surface area contributed by atoms with E-state index in [0.29, 0.717) is 12.4 Å². The summed E-state index contributed by atoms with van der Waals surface area (Å²) in [7, 11) is 0. The quantitative estimate of drug-likeness (QED) is 0.577. The minimum absolute atomic E-state index is 0.174. The van der Waals surface area contributed by atoms with Gasteiger partial charge in [-0.1, -0.05) is 6.07 Å². The summed E-state index contributed by atoms with van der Waals surface area (Å²) in [6.07, 6.45) is 5.38. The van der Waals surface area contributed by atoms with Gasteiger partial charge in [-0.3, -0.25) is 14.7 Å². The van der Waals surface area contributed by atoms with Crippen molar-refractivity contribution in [3.05, 3.63) is 47.7 Å². The number of fused-ring (bicyclic) bond motifs is 1. The first kappa shape index (κ1) is 19.3. The lowest BCUT2D eigenvalue weighted by Gasteiger charge is -2.36. The number of hydrogen-bond acceptors (Lipinski definition) is 8. The maximum Gasteiger partial charge on any atom is 0.310 e. The Balaban J connectivity index is 1.56. The predicted octanol–water partition coefficient (Wildman–Crippen LogP) is 1.26. The van der Waals surface area contributed by atoms with Crippen LogP contribution in [0, 0.1) is 6.92 Å². The Kier molecular flexibility index (Phi) is 5.66. The number of hydrogen-bond donors (Lipinski definition) is 0. The summed E-state index contributed by atoms with van der Waals surface area (Å²) in [5.41, 5.74) is 2.84. The Bertz CT molecular complexity index is 981. The second-order valence-corrected chi connectivity index (χ2v) is 7.08. The van der Waals surface area contributed by atoms with Gasteiger partial charge in [-0.25, -0.2) is 4.98 Å². The molecule has 9 nitrogen and oxygen atoms in total. The molecule has 1 aliphatic heterocycles. The van der Waals surface area contributed by atoms with Gasteiger partial charge in [0.15, 0.2) is 0 Å². The number of piperazine rings is 1. The maximum atomic E-state index is 12.2. The van der Waals surface area contributed by atoms with Crippen LogP contribution < -0.4 is 4.90 Å². The average molecular weight is 395 g/mol. The van der Waals surface area contributed by atoms with Crippen LogP contribution in [-0.2, 0) is 22.5 Å². The number of aryl methyl sites for hydroxylation is 1. The minimum Gasteiger partial charge on any atom is -0.466 e. The van der Waals surface area contributed by atoms with Crippen molar-refractivity contribution >= 4 is 17.6 Å². The van der Waals surface area contributed by atoms with Crippen LogP contribution in [0.3, 0.4) is 0 Å². The zero-order valence-corrected chi connectivity index (χ0v) is 16.8. The standard InChI is InChI=1S/C20H25N7O2/c1-3-29-18(28)11-17-15(2)24-20-22-14-23-27(20)19(17)26-9-7-25(8-10-26)13-16-5-4-6-21-12-16/h4-6,12,14H,3,7-11,13H2,1-2H3. The van der Waals surface area contributed by atoms with Crippen LogP contribution in [0.5, 0.6) is 0 Å². The van der Waals surface area contributed by atoms with Crippen LogP contribution in [0.25, 0.3) is 5.78 Å². The number of carbonyl (C=O) groups is 1. The number of anilines is 1. The average Bonchev–Trinajstić information content (AvgIpc) is 3.18. The van der Waals surface area contributed by atoms with Gasteiger partial charge in [0, 0.05) is 56.4 Å². The van der Waals surface area contributed by atoms with E-state index in [1.54, 1.807) is 10.7 Å². The molecule has 1 fully saturated rings. The second kappa shape index (κ2) is 8.52. The molecule has 0 amide bonds. The van der Waals surface area contributed by atoms with E-state index >= 15 is 0 Å². The van der Waals surface area contributed by atoms with Gasteiger partial charge >= 0.3 is 5.97 Å². The molecule has 0 aliphatic carbocycles. The first-order valence-corrected chi connectivity index (χ1v) is 9.86. The summed E-state index contributed by atoms with van der Waals surface area (Å²) in [6.45, 7) is 8.43. The lowest BCUT2D eigenvalue weighted by Crippen LogP contribution is -2.47. The largest absolute Gasteiger partial charge is 0.466 e. The second-order valence-electron chi connectivity index (χ2n) is 7.08. The van der Waals surface area contributed by atoms with Gasteiger partial charge < -0.3 is 9.64 Å². The summed E-state index contributed by atoms with van der Waals surface area (Å²) >= 11 is 0. The van der Waals surface area contributed by atoms with Gasteiger partial charge in [-0.2, -0.15) is 14.6 Å². The molecule has 3 aromatic heterocycles. The predicted molar refractivity (Wildman–Crippen MR) is 108 cm³/mol. The monoisotopic (exact) mass is 395 g/mol. The van der Waals surface area contributed by atoms with Crippen LogP contribution >= 0.6 is 0 Å². The molecular weight excluding hydrogens is 370 g/mol. The normalized spacial score (nSPS) is 15.0. The molecule has 1 aliphatic rings. The van der Waals surface area contributed by atoms with E-state index < -0.39 is 0 Å². The molecule has 4 heterocycles. The molecule has 29 heavy (non-hydrogen) atoms. The van der Waals surface area contributed by atoms with Gasteiger partial charge in [0.2, 0.25) is 0 Å². The third-order valence-electron chi connectivity index (χ3n) is 5.13. The van der Waals surface area contributed by atoms with Gasteiger partial charge in [-0.05, 0) is 25.5 Å². The van der Waals surface area contributed by atoms with Crippen LogP contribution in [0.4, 0.5) is 5.82 Å². The first-order valence-electron chi connectivity index (χ1n) is 9.86. The molecule has 0 unspecified atom stereocenters. The SMILES string of the molecule is CCOC(=O)Cc1c(C)nc2ncnn2c1N1CCN(Cc2cccnc2)CC1. The number of carbonyl (C=O) groups excluding carboxylic acids is 1. The lowest BCUT2D eigenvalue weighted by molar-refractivity contribution is -0.142. The number of nitrogens with zero attached hydrogens (tertiary/aromatic N) is 7. The molecule has 0 atom stereocenters. The molecule has 3 aromatic rings. The number of pyridine rings is 1. The molecule has 4 rings (SSSR count). The van der Waals surface area contributed by atoms with Crippen molar-refractivity contribution in [1.82, 2.24) is 29.5 Å². The molecule has 0 spiro atoms. The molecule has 0 N–H and O–H groups in total. The topological polar surface area (TPSA) is 88.7 Å². The molecule has 0 saturated carbocycles. The van der Waals surface area contributed by atoms with Crippen molar-refractivity contribution in [2.45, 2.75) is 26.8 Å². The van der Waals surface area contributed by atoms with Crippen LogP contribution in [-0.4, -0.2) is 68.2 Å². The first-order chi connectivity index (χ1) is 14.2. The molecule has 0 aromatic carbocycles. The fourth-order valence-corrected chi connectivity index (χ4v) is 3.72. The van der Waals surface area contributed by atoms with Gasteiger partial charge in [-0.15, -0.1) is 0 Å². The van der Waals surface area contributed by atoms with E-state index in [2.05, 4.69) is 35.9 Å². The lowest BCUT2D eigenvalue weighted by atomic mass is 10.1. The summed E-state index contributed by atoms with van der Waals surface area (Å²) in [4.78, 5) is 29.8. The highest BCUT2D eigenvalue weighted by atomic mass is 16.5. The highest BCUT2D eigenvalue weighted by Crippen LogP contribution is 2.25. The van der Waals surface area contributed by atoms with Crippen LogP contribution in [0.15, 0.2) is 30.9 Å².